The van der Waals surface area contributed by atoms with E-state index < -0.39 is 19.0 Å². The summed E-state index contributed by atoms with van der Waals surface area (Å²) in [5.74, 6) is 0.268. The van der Waals surface area contributed by atoms with Crippen molar-refractivity contribution in [1.82, 2.24) is 4.90 Å². The van der Waals surface area contributed by atoms with Crippen molar-refractivity contribution in [2.75, 3.05) is 19.5 Å². The zero-order valence-electron chi connectivity index (χ0n) is 8.22. The first-order valence-corrected chi connectivity index (χ1v) is 4.55. The van der Waals surface area contributed by atoms with Gasteiger partial charge < -0.3 is 23.0 Å². The van der Waals surface area contributed by atoms with Gasteiger partial charge in [-0.1, -0.05) is 0 Å². The van der Waals surface area contributed by atoms with E-state index in [9.17, 15) is 18.1 Å². The zero-order valence-corrected chi connectivity index (χ0v) is 11.3. The average Bonchev–Trinajstić information content (AvgIpc) is 2.59. The van der Waals surface area contributed by atoms with E-state index in [1.165, 1.54) is 4.90 Å². The van der Waals surface area contributed by atoms with E-state index in [1.54, 1.807) is 0 Å². The number of halogens is 3. The molecule has 1 heterocycles. The van der Waals surface area contributed by atoms with Crippen LogP contribution in [-0.4, -0.2) is 42.1 Å². The molecule has 14 heavy (non-hydrogen) atoms. The van der Waals surface area contributed by atoms with Crippen LogP contribution in [-0.2, 0) is 0 Å². The van der Waals surface area contributed by atoms with Gasteiger partial charge in [-0.15, -0.1) is 0 Å². The Morgan fingerprint density at radius 1 is 1.29 bits per heavy atom. The molecule has 7 heteroatoms. The van der Waals surface area contributed by atoms with Gasteiger partial charge in [-0.25, -0.2) is 0 Å². The van der Waals surface area contributed by atoms with Gasteiger partial charge in [-0.3, -0.25) is 0 Å². The van der Waals surface area contributed by atoms with Crippen molar-refractivity contribution >= 4 is 6.98 Å². The van der Waals surface area contributed by atoms with Crippen LogP contribution in [0.3, 0.4) is 0 Å². The quantitative estimate of drug-likeness (QED) is 0.561. The number of hydrogen-bond acceptors (Lipinski definition) is 2. The largest absolute Gasteiger partial charge is 1.00 e. The van der Waals surface area contributed by atoms with Crippen molar-refractivity contribution in [3.63, 3.8) is 0 Å². The molecule has 1 saturated heterocycles. The van der Waals surface area contributed by atoms with E-state index in [-0.39, 0.29) is 70.4 Å². The van der Waals surface area contributed by atoms with Gasteiger partial charge in [0.1, 0.15) is 0 Å². The van der Waals surface area contributed by atoms with Gasteiger partial charge in [-0.2, -0.15) is 0 Å². The molecule has 0 aromatic rings. The van der Waals surface area contributed by atoms with Crippen LogP contribution < -0.4 is 51.4 Å². The van der Waals surface area contributed by atoms with Crippen LogP contribution in [0.5, 0.6) is 0 Å². The van der Waals surface area contributed by atoms with Crippen molar-refractivity contribution in [3.05, 3.63) is 0 Å². The monoisotopic (exact) mass is 233 g/mol. The molecule has 0 radical (unpaired) electrons. The van der Waals surface area contributed by atoms with Crippen LogP contribution in [0.15, 0.2) is 0 Å². The molecule has 0 bridgehead atoms. The first-order valence-electron chi connectivity index (χ1n) is 4.55. The first kappa shape index (κ1) is 13.5. The summed E-state index contributed by atoms with van der Waals surface area (Å²) in [6, 6.07) is 0. The normalized spacial score (nSPS) is 26.6. The average molecular weight is 233 g/mol. The molecule has 1 saturated carbocycles. The maximum Gasteiger partial charge on any atom is 1.00 e. The summed E-state index contributed by atoms with van der Waals surface area (Å²) < 4.78 is 35.8. The van der Waals surface area contributed by atoms with Crippen LogP contribution in [0.1, 0.15) is 12.8 Å². The molecular formula is C7H12BF3KNO. The van der Waals surface area contributed by atoms with Crippen molar-refractivity contribution in [2.24, 2.45) is 5.92 Å². The fourth-order valence-corrected chi connectivity index (χ4v) is 2.03. The van der Waals surface area contributed by atoms with E-state index in [4.69, 9.17) is 0 Å². The smallest absolute Gasteiger partial charge is 0.448 e. The van der Waals surface area contributed by atoms with E-state index in [0.717, 1.165) is 12.8 Å². The van der Waals surface area contributed by atoms with Crippen LogP contribution in [0.2, 0.25) is 0 Å². The minimum Gasteiger partial charge on any atom is -0.448 e. The first-order chi connectivity index (χ1) is 5.89. The Hall–Kier alpha value is 1.41. The second-order valence-corrected chi connectivity index (χ2v) is 4.26. The van der Waals surface area contributed by atoms with Crippen molar-refractivity contribution in [2.45, 2.75) is 18.4 Å². The molecule has 2 rings (SSSR count). The number of likely N-dealkylation sites (tertiary alicyclic amines) is 1. The Kier molecular flexibility index (Phi) is 4.19. The van der Waals surface area contributed by atoms with Gasteiger partial charge in [0.25, 0.3) is 0 Å². The summed E-state index contributed by atoms with van der Waals surface area (Å²) >= 11 is 0. The van der Waals surface area contributed by atoms with Gasteiger partial charge in [-0.05, 0) is 25.2 Å². The molecule has 2 nitrogen and oxygen atoms in total. The summed E-state index contributed by atoms with van der Waals surface area (Å²) in [5.41, 5.74) is -0.790. The van der Waals surface area contributed by atoms with Crippen LogP contribution in [0.25, 0.3) is 0 Å². The van der Waals surface area contributed by atoms with Crippen LogP contribution in [0, 0.1) is 5.92 Å². The minimum atomic E-state index is -4.73. The van der Waals surface area contributed by atoms with Crippen LogP contribution in [0.4, 0.5) is 12.9 Å². The molecule has 1 N–H and O–H groups in total. The molecule has 76 valence electrons. The number of β-amino-alcohol motifs (C(OH)–C–C–N with tert-alkyl or cyclic N) is 1. The predicted octanol–water partition coefficient (Wildman–Crippen LogP) is -2.17. The molecule has 0 aromatic carbocycles. The fraction of sp³-hybridized carbons (Fsp3) is 1.00. The minimum absolute atomic E-state index is 0. The van der Waals surface area contributed by atoms with E-state index >= 15 is 0 Å². The van der Waals surface area contributed by atoms with Crippen molar-refractivity contribution < 1.29 is 69.4 Å². The topological polar surface area (TPSA) is 23.5 Å². The third-order valence-electron chi connectivity index (χ3n) is 2.80. The van der Waals surface area contributed by atoms with Gasteiger partial charge >= 0.3 is 58.4 Å². The molecule has 2 aliphatic rings. The molecule has 2 fully saturated rings. The van der Waals surface area contributed by atoms with Crippen molar-refractivity contribution in [3.8, 4) is 0 Å². The second-order valence-electron chi connectivity index (χ2n) is 4.26. The van der Waals surface area contributed by atoms with Gasteiger partial charge in [0.05, 0.1) is 5.60 Å². The third kappa shape index (κ3) is 3.20. The Bertz CT molecular complexity index is 215. The number of aliphatic hydroxyl groups is 1. The zero-order chi connectivity index (χ0) is 9.69. The molecule has 0 amide bonds. The SMILES string of the molecule is OC1(C2CC2)CN(C[B-](F)(F)F)C1.[K+]. The summed E-state index contributed by atoms with van der Waals surface area (Å²) in [5, 5.41) is 9.71. The predicted molar refractivity (Wildman–Crippen MR) is 43.2 cm³/mol. The molecule has 0 atom stereocenters. The molecule has 1 aliphatic heterocycles. The Morgan fingerprint density at radius 2 is 1.79 bits per heavy atom. The van der Waals surface area contributed by atoms with E-state index in [2.05, 4.69) is 0 Å². The molecule has 0 unspecified atom stereocenters. The summed E-state index contributed by atoms with van der Waals surface area (Å²) in [6.45, 7) is -4.31. The van der Waals surface area contributed by atoms with Crippen LogP contribution >= 0.6 is 0 Å². The summed E-state index contributed by atoms with van der Waals surface area (Å²) in [4.78, 5) is 1.28. The Balaban J connectivity index is 0.000000980. The molecule has 0 spiro atoms. The standard InChI is InChI=1S/C7H12BF3NO.K/c9-8(10,11)5-12-3-7(13,4-12)6-1-2-6;/h6,13H,1-5H2;/q-1;+1. The van der Waals surface area contributed by atoms with Gasteiger partial charge in [0.15, 0.2) is 0 Å². The van der Waals surface area contributed by atoms with E-state index in [1.807, 2.05) is 0 Å². The number of nitrogens with zero attached hydrogens (tertiary/aromatic N) is 1. The van der Waals surface area contributed by atoms with E-state index in [0.29, 0.717) is 0 Å². The second kappa shape index (κ2) is 4.35. The maximum absolute atomic E-state index is 11.9. The number of rotatable bonds is 3. The van der Waals surface area contributed by atoms with Gasteiger partial charge in [0.2, 0.25) is 0 Å². The molecular weight excluding hydrogens is 221 g/mol. The van der Waals surface area contributed by atoms with Gasteiger partial charge in [0, 0.05) is 13.1 Å². The third-order valence-corrected chi connectivity index (χ3v) is 2.80. The number of hydrogen-bond donors (Lipinski definition) is 1. The maximum atomic E-state index is 11.9. The molecule has 1 aliphatic carbocycles. The molecule has 0 aromatic heterocycles. The Labute approximate surface area is 124 Å². The Morgan fingerprint density at radius 3 is 2.14 bits per heavy atom. The summed E-state index contributed by atoms with van der Waals surface area (Å²) in [7, 11) is 0. The fourth-order valence-electron chi connectivity index (χ4n) is 2.03. The van der Waals surface area contributed by atoms with Crippen molar-refractivity contribution in [1.29, 1.82) is 0 Å². The summed E-state index contributed by atoms with van der Waals surface area (Å²) in [6.07, 6.45) is 1.12.